The molecule has 0 spiro atoms. The molecule has 0 atom stereocenters. The molecule has 0 amide bonds. The SMILES string of the molecule is C=C(C)\C=C/C(NC)=C(C)/C=C\C.CC. The third-order valence-electron chi connectivity index (χ3n) is 1.65. The zero-order valence-electron chi connectivity index (χ0n) is 11.0. The number of allylic oxidation sites excluding steroid dienone is 6. The van der Waals surface area contributed by atoms with Crippen molar-refractivity contribution in [2.45, 2.75) is 34.6 Å². The topological polar surface area (TPSA) is 12.0 Å². The quantitative estimate of drug-likeness (QED) is 0.681. The van der Waals surface area contributed by atoms with Crippen molar-refractivity contribution in [3.8, 4) is 0 Å². The average molecular weight is 207 g/mol. The molecule has 0 heterocycles. The Morgan fingerprint density at radius 3 is 1.93 bits per heavy atom. The van der Waals surface area contributed by atoms with Crippen LogP contribution in [0.15, 0.2) is 47.7 Å². The van der Waals surface area contributed by atoms with E-state index in [0.717, 1.165) is 11.3 Å². The van der Waals surface area contributed by atoms with Crippen LogP contribution < -0.4 is 5.32 Å². The van der Waals surface area contributed by atoms with Crippen molar-refractivity contribution < 1.29 is 0 Å². The van der Waals surface area contributed by atoms with E-state index in [4.69, 9.17) is 0 Å². The van der Waals surface area contributed by atoms with Crippen LogP contribution in [0.3, 0.4) is 0 Å². The highest BCUT2D eigenvalue weighted by Crippen LogP contribution is 2.05. The summed E-state index contributed by atoms with van der Waals surface area (Å²) in [4.78, 5) is 0. The third kappa shape index (κ3) is 9.07. The van der Waals surface area contributed by atoms with Crippen LogP contribution >= 0.6 is 0 Å². The lowest BCUT2D eigenvalue weighted by Crippen LogP contribution is -2.05. The summed E-state index contributed by atoms with van der Waals surface area (Å²) >= 11 is 0. The predicted molar refractivity (Wildman–Crippen MR) is 71.9 cm³/mol. The first-order chi connectivity index (χ1) is 7.11. The van der Waals surface area contributed by atoms with E-state index < -0.39 is 0 Å². The van der Waals surface area contributed by atoms with Gasteiger partial charge in [-0.05, 0) is 32.4 Å². The van der Waals surface area contributed by atoms with Crippen LogP contribution in [0.4, 0.5) is 0 Å². The standard InChI is InChI=1S/C12H19N.C2H6/c1-6-7-11(4)12(13-5)9-8-10(2)3;1-2/h6-9,13H,2H2,1,3-5H3;1-2H3/b7-6-,9-8-,12-11-;. The van der Waals surface area contributed by atoms with E-state index >= 15 is 0 Å². The fourth-order valence-corrected chi connectivity index (χ4v) is 0.977. The van der Waals surface area contributed by atoms with Crippen LogP contribution in [0, 0.1) is 0 Å². The highest BCUT2D eigenvalue weighted by Gasteiger charge is 1.91. The summed E-state index contributed by atoms with van der Waals surface area (Å²) in [6.07, 6.45) is 8.15. The van der Waals surface area contributed by atoms with Crippen molar-refractivity contribution in [3.05, 3.63) is 47.7 Å². The van der Waals surface area contributed by atoms with E-state index in [9.17, 15) is 0 Å². The molecule has 0 radical (unpaired) electrons. The summed E-state index contributed by atoms with van der Waals surface area (Å²) in [6.45, 7) is 13.9. The third-order valence-corrected chi connectivity index (χ3v) is 1.65. The first-order valence-electron chi connectivity index (χ1n) is 5.46. The molecular formula is C14H25N. The van der Waals surface area contributed by atoms with E-state index in [2.05, 4.69) is 24.9 Å². The lowest BCUT2D eigenvalue weighted by molar-refractivity contribution is 1.01. The van der Waals surface area contributed by atoms with Crippen LogP contribution in [0.25, 0.3) is 0 Å². The summed E-state index contributed by atoms with van der Waals surface area (Å²) in [5.41, 5.74) is 3.41. The fourth-order valence-electron chi connectivity index (χ4n) is 0.977. The van der Waals surface area contributed by atoms with Crippen molar-refractivity contribution in [1.82, 2.24) is 5.32 Å². The zero-order valence-corrected chi connectivity index (χ0v) is 11.0. The van der Waals surface area contributed by atoms with Crippen LogP contribution in [-0.4, -0.2) is 7.05 Å². The first kappa shape index (κ1) is 16.2. The van der Waals surface area contributed by atoms with E-state index in [-0.39, 0.29) is 0 Å². The number of hydrogen-bond acceptors (Lipinski definition) is 1. The maximum Gasteiger partial charge on any atom is 0.0367 e. The minimum atomic E-state index is 1.06. The molecule has 86 valence electrons. The lowest BCUT2D eigenvalue weighted by Gasteiger charge is -2.03. The first-order valence-corrected chi connectivity index (χ1v) is 5.46. The molecule has 0 aliphatic heterocycles. The molecule has 0 aromatic rings. The second-order valence-electron chi connectivity index (χ2n) is 3.03. The highest BCUT2D eigenvalue weighted by molar-refractivity contribution is 5.32. The minimum Gasteiger partial charge on any atom is -0.388 e. The Morgan fingerprint density at radius 1 is 1.07 bits per heavy atom. The Bertz CT molecular complexity index is 255. The summed E-state index contributed by atoms with van der Waals surface area (Å²) in [5, 5.41) is 3.14. The van der Waals surface area contributed by atoms with Gasteiger partial charge < -0.3 is 5.32 Å². The molecule has 15 heavy (non-hydrogen) atoms. The predicted octanol–water partition coefficient (Wildman–Crippen LogP) is 4.21. The van der Waals surface area contributed by atoms with E-state index in [1.54, 1.807) is 0 Å². The number of hydrogen-bond donors (Lipinski definition) is 1. The van der Waals surface area contributed by atoms with Gasteiger partial charge in [0, 0.05) is 12.7 Å². The molecule has 1 N–H and O–H groups in total. The molecule has 0 aromatic heterocycles. The second-order valence-corrected chi connectivity index (χ2v) is 3.03. The zero-order chi connectivity index (χ0) is 12.3. The van der Waals surface area contributed by atoms with Gasteiger partial charge in [0.25, 0.3) is 0 Å². The highest BCUT2D eigenvalue weighted by atomic mass is 14.8. The molecule has 1 nitrogen and oxygen atoms in total. The van der Waals surface area contributed by atoms with Crippen molar-refractivity contribution in [2.24, 2.45) is 0 Å². The maximum atomic E-state index is 3.81. The molecular weight excluding hydrogens is 182 g/mol. The van der Waals surface area contributed by atoms with Gasteiger partial charge in [0.15, 0.2) is 0 Å². The van der Waals surface area contributed by atoms with Crippen molar-refractivity contribution in [1.29, 1.82) is 0 Å². The average Bonchev–Trinajstić information content (AvgIpc) is 2.21. The van der Waals surface area contributed by atoms with Gasteiger partial charge in [-0.3, -0.25) is 0 Å². The van der Waals surface area contributed by atoms with Crippen LogP contribution in [0.2, 0.25) is 0 Å². The molecule has 0 aliphatic carbocycles. The Labute approximate surface area is 95.3 Å². The van der Waals surface area contributed by atoms with Gasteiger partial charge >= 0.3 is 0 Å². The lowest BCUT2D eigenvalue weighted by atomic mass is 10.2. The van der Waals surface area contributed by atoms with Gasteiger partial charge in [-0.25, -0.2) is 0 Å². The summed E-state index contributed by atoms with van der Waals surface area (Å²) in [5.74, 6) is 0. The summed E-state index contributed by atoms with van der Waals surface area (Å²) in [6, 6.07) is 0. The molecule has 0 unspecified atom stereocenters. The second kappa shape index (κ2) is 10.8. The molecule has 0 aromatic carbocycles. The molecule has 0 rings (SSSR count). The summed E-state index contributed by atoms with van der Waals surface area (Å²) < 4.78 is 0. The number of nitrogens with one attached hydrogen (secondary N) is 1. The maximum absolute atomic E-state index is 3.81. The normalized spacial score (nSPS) is 12.1. The number of likely N-dealkylation sites (N-methyl/N-ethyl adjacent to an activating group) is 1. The Balaban J connectivity index is 0. The van der Waals surface area contributed by atoms with Gasteiger partial charge in [0.2, 0.25) is 0 Å². The van der Waals surface area contributed by atoms with E-state index in [1.807, 2.05) is 53.0 Å². The molecule has 0 aliphatic rings. The van der Waals surface area contributed by atoms with Gasteiger partial charge in [-0.2, -0.15) is 0 Å². The Morgan fingerprint density at radius 2 is 1.60 bits per heavy atom. The van der Waals surface area contributed by atoms with Crippen LogP contribution in [0.1, 0.15) is 34.6 Å². The molecule has 0 saturated heterocycles. The fraction of sp³-hybridized carbons (Fsp3) is 0.429. The van der Waals surface area contributed by atoms with Crippen LogP contribution in [-0.2, 0) is 0 Å². The van der Waals surface area contributed by atoms with E-state index in [1.165, 1.54) is 5.57 Å². The van der Waals surface area contributed by atoms with Gasteiger partial charge in [-0.15, -0.1) is 0 Å². The molecule has 0 fully saturated rings. The van der Waals surface area contributed by atoms with Gasteiger partial charge in [0.05, 0.1) is 0 Å². The Kier molecular flexibility index (Phi) is 11.7. The Hall–Kier alpha value is -1.24. The van der Waals surface area contributed by atoms with Gasteiger partial charge in [-0.1, -0.05) is 44.2 Å². The molecule has 1 heteroatoms. The van der Waals surface area contributed by atoms with Crippen molar-refractivity contribution in [2.75, 3.05) is 7.05 Å². The van der Waals surface area contributed by atoms with Crippen LogP contribution in [0.5, 0.6) is 0 Å². The van der Waals surface area contributed by atoms with Crippen molar-refractivity contribution >= 4 is 0 Å². The summed E-state index contributed by atoms with van der Waals surface area (Å²) in [7, 11) is 1.92. The van der Waals surface area contributed by atoms with E-state index in [0.29, 0.717) is 0 Å². The molecule has 0 saturated carbocycles. The van der Waals surface area contributed by atoms with Gasteiger partial charge in [0.1, 0.15) is 0 Å². The van der Waals surface area contributed by atoms with Crippen molar-refractivity contribution in [3.63, 3.8) is 0 Å². The largest absolute Gasteiger partial charge is 0.388 e. The minimum absolute atomic E-state index is 1.06. The smallest absolute Gasteiger partial charge is 0.0367 e. The molecule has 0 bridgehead atoms. The monoisotopic (exact) mass is 207 g/mol. The number of rotatable bonds is 4.